The topological polar surface area (TPSA) is 79.4 Å². The smallest absolute Gasteiger partial charge is 0.410 e. The van der Waals surface area contributed by atoms with Crippen LogP contribution in [0.2, 0.25) is 0 Å². The van der Waals surface area contributed by atoms with Crippen LogP contribution in [0.1, 0.15) is 62.8 Å². The van der Waals surface area contributed by atoms with Crippen LogP contribution in [0, 0.1) is 6.92 Å². The van der Waals surface area contributed by atoms with E-state index in [1.807, 2.05) is 31.9 Å². The first-order valence-electron chi connectivity index (χ1n) is 14.3. The van der Waals surface area contributed by atoms with Gasteiger partial charge in [-0.15, -0.1) is 0 Å². The first kappa shape index (κ1) is 26.2. The second kappa shape index (κ2) is 10.2. The molecule has 1 aromatic heterocycles. The monoisotopic (exact) mass is 535 g/mol. The number of pyridine rings is 1. The van der Waals surface area contributed by atoms with Crippen LogP contribution in [0.25, 0.3) is 0 Å². The number of hydrogen-bond donors (Lipinski definition) is 1. The van der Waals surface area contributed by atoms with Gasteiger partial charge in [0, 0.05) is 63.1 Å². The lowest BCUT2D eigenvalue weighted by Crippen LogP contribution is -2.52. The number of carbonyl (C=O) groups excluding carboxylic acids is 1. The van der Waals surface area contributed by atoms with Crippen molar-refractivity contribution >= 4 is 23.3 Å². The first-order chi connectivity index (χ1) is 18.7. The zero-order valence-electron chi connectivity index (χ0n) is 23.8. The number of benzene rings is 1. The van der Waals surface area contributed by atoms with Crippen molar-refractivity contribution in [1.82, 2.24) is 14.8 Å². The lowest BCUT2D eigenvalue weighted by Gasteiger charge is -2.43. The van der Waals surface area contributed by atoms with Gasteiger partial charge in [-0.1, -0.05) is 6.07 Å². The molecule has 5 heterocycles. The Balaban J connectivity index is 1.15. The van der Waals surface area contributed by atoms with Gasteiger partial charge in [0.1, 0.15) is 23.3 Å². The summed E-state index contributed by atoms with van der Waals surface area (Å²) in [6, 6.07) is 7.02. The molecule has 210 valence electrons. The second-order valence-corrected chi connectivity index (χ2v) is 12.3. The Morgan fingerprint density at radius 1 is 1.13 bits per heavy atom. The molecule has 1 amide bonds. The summed E-state index contributed by atoms with van der Waals surface area (Å²) in [5.41, 5.74) is 5.25. The predicted octanol–water partition coefficient (Wildman–Crippen LogP) is 4.83. The minimum Gasteiger partial charge on any atom is -0.483 e. The van der Waals surface area contributed by atoms with Gasteiger partial charge in [-0.25, -0.2) is 9.78 Å². The molecule has 2 atom stereocenters. The minimum absolute atomic E-state index is 0.126. The number of aryl methyl sites for hydroxylation is 1. The van der Waals surface area contributed by atoms with E-state index in [2.05, 4.69) is 47.2 Å². The second-order valence-electron chi connectivity index (χ2n) is 12.3. The Bertz CT molecular complexity index is 1230. The summed E-state index contributed by atoms with van der Waals surface area (Å²) in [4.78, 5) is 24.0. The number of likely N-dealkylation sites (tertiary alicyclic amines) is 2. The predicted molar refractivity (Wildman–Crippen MR) is 151 cm³/mol. The van der Waals surface area contributed by atoms with Gasteiger partial charge >= 0.3 is 6.09 Å². The molecule has 0 unspecified atom stereocenters. The number of hydrogen-bond acceptors (Lipinski definition) is 8. The maximum absolute atomic E-state index is 12.5. The van der Waals surface area contributed by atoms with E-state index in [0.29, 0.717) is 12.0 Å². The van der Waals surface area contributed by atoms with Gasteiger partial charge < -0.3 is 29.3 Å². The fourth-order valence-electron chi connectivity index (χ4n) is 6.25. The van der Waals surface area contributed by atoms with Gasteiger partial charge in [0.15, 0.2) is 0 Å². The number of morpholine rings is 1. The number of anilines is 3. The zero-order valence-corrected chi connectivity index (χ0v) is 23.8. The molecule has 4 aliphatic rings. The molecule has 2 aromatic rings. The standard InChI is InChI=1S/C30H41N5O4/c1-19-14-21(22-16-35(17-22)23-7-9-34(18-23)29(36)39-30(3,4)5)15-24-27(19)38-20(2)26-25(6-8-31-28(26)32-24)33-10-12-37-13-11-33/h6,8,14-15,20,22-23H,7,9-13,16-18H2,1-5H3,(H,31,32)/t20-,23+/m1/s1. The maximum Gasteiger partial charge on any atom is 0.410 e. The SMILES string of the molecule is Cc1cc(C2CN([C@H]3CCN(C(=O)OC(C)(C)C)C3)C2)cc2c1O[C@H](C)c1c(N3CCOCC3)ccnc1N2. The van der Waals surface area contributed by atoms with Crippen molar-refractivity contribution in [1.29, 1.82) is 0 Å². The van der Waals surface area contributed by atoms with Crippen LogP contribution in [-0.2, 0) is 9.47 Å². The highest BCUT2D eigenvalue weighted by Crippen LogP contribution is 2.45. The van der Waals surface area contributed by atoms with E-state index in [9.17, 15) is 4.79 Å². The molecule has 0 bridgehead atoms. The third kappa shape index (κ3) is 5.26. The van der Waals surface area contributed by atoms with Gasteiger partial charge in [0.25, 0.3) is 0 Å². The molecule has 0 aliphatic carbocycles. The van der Waals surface area contributed by atoms with Crippen LogP contribution in [0.15, 0.2) is 24.4 Å². The van der Waals surface area contributed by atoms with Crippen molar-refractivity contribution in [3.05, 3.63) is 41.1 Å². The van der Waals surface area contributed by atoms with Crippen molar-refractivity contribution < 1.29 is 19.0 Å². The third-order valence-corrected chi connectivity index (χ3v) is 8.28. The largest absolute Gasteiger partial charge is 0.483 e. The Morgan fingerprint density at radius 3 is 2.64 bits per heavy atom. The number of carbonyl (C=O) groups is 1. The number of aromatic nitrogens is 1. The van der Waals surface area contributed by atoms with E-state index in [4.69, 9.17) is 19.2 Å². The Hall–Kier alpha value is -3.04. The number of ether oxygens (including phenoxy) is 3. The summed E-state index contributed by atoms with van der Waals surface area (Å²) in [5, 5.41) is 3.63. The van der Waals surface area contributed by atoms with Crippen molar-refractivity contribution in [3.8, 4) is 5.75 Å². The third-order valence-electron chi connectivity index (χ3n) is 8.28. The van der Waals surface area contributed by atoms with Gasteiger partial charge in [0.05, 0.1) is 24.5 Å². The van der Waals surface area contributed by atoms with Crippen LogP contribution in [0.4, 0.5) is 22.0 Å². The minimum atomic E-state index is -0.462. The molecule has 39 heavy (non-hydrogen) atoms. The highest BCUT2D eigenvalue weighted by atomic mass is 16.6. The van der Waals surface area contributed by atoms with Crippen molar-refractivity contribution in [2.24, 2.45) is 0 Å². The lowest BCUT2D eigenvalue weighted by atomic mass is 9.88. The van der Waals surface area contributed by atoms with Crippen LogP contribution >= 0.6 is 0 Å². The molecule has 9 nitrogen and oxygen atoms in total. The first-order valence-corrected chi connectivity index (χ1v) is 14.3. The summed E-state index contributed by atoms with van der Waals surface area (Å²) in [6.07, 6.45) is 2.56. The van der Waals surface area contributed by atoms with E-state index in [1.54, 1.807) is 0 Å². The van der Waals surface area contributed by atoms with E-state index in [1.165, 1.54) is 11.3 Å². The van der Waals surface area contributed by atoms with E-state index < -0.39 is 5.60 Å². The number of nitrogens with zero attached hydrogens (tertiary/aromatic N) is 4. The Morgan fingerprint density at radius 2 is 1.90 bits per heavy atom. The normalized spacial score (nSPS) is 23.7. The fraction of sp³-hybridized carbons (Fsp3) is 0.600. The maximum atomic E-state index is 12.5. The van der Waals surface area contributed by atoms with Crippen molar-refractivity contribution in [2.75, 3.05) is 62.7 Å². The van der Waals surface area contributed by atoms with E-state index in [-0.39, 0.29) is 12.2 Å². The summed E-state index contributed by atoms with van der Waals surface area (Å²) >= 11 is 0. The van der Waals surface area contributed by atoms with Crippen LogP contribution in [-0.4, -0.2) is 85.0 Å². The quantitative estimate of drug-likeness (QED) is 0.599. The molecular formula is C30H41N5O4. The van der Waals surface area contributed by atoms with E-state index in [0.717, 1.165) is 87.3 Å². The van der Waals surface area contributed by atoms with E-state index >= 15 is 0 Å². The van der Waals surface area contributed by atoms with Gasteiger partial charge in [-0.05, 0) is 64.3 Å². The van der Waals surface area contributed by atoms with Crippen LogP contribution in [0.3, 0.4) is 0 Å². The zero-order chi connectivity index (χ0) is 27.3. The average molecular weight is 536 g/mol. The molecule has 6 rings (SSSR count). The van der Waals surface area contributed by atoms with Crippen LogP contribution in [0.5, 0.6) is 5.75 Å². The summed E-state index contributed by atoms with van der Waals surface area (Å²) < 4.78 is 17.7. The molecule has 0 spiro atoms. The number of fused-ring (bicyclic) bond motifs is 2. The average Bonchev–Trinajstić information content (AvgIpc) is 3.29. The molecule has 3 fully saturated rings. The number of rotatable bonds is 3. The lowest BCUT2D eigenvalue weighted by molar-refractivity contribution is 0.0260. The summed E-state index contributed by atoms with van der Waals surface area (Å²) in [5.74, 6) is 2.22. The Kier molecular flexibility index (Phi) is 6.83. The molecule has 1 aromatic carbocycles. The molecule has 1 N–H and O–H groups in total. The highest BCUT2D eigenvalue weighted by Gasteiger charge is 2.39. The summed E-state index contributed by atoms with van der Waals surface area (Å²) in [6.45, 7) is 16.7. The van der Waals surface area contributed by atoms with Gasteiger partial charge in [-0.3, -0.25) is 4.90 Å². The van der Waals surface area contributed by atoms with Crippen LogP contribution < -0.4 is 15.0 Å². The number of amides is 1. The van der Waals surface area contributed by atoms with Crippen molar-refractivity contribution in [3.63, 3.8) is 0 Å². The van der Waals surface area contributed by atoms with Crippen molar-refractivity contribution in [2.45, 2.75) is 64.7 Å². The molecule has 0 radical (unpaired) electrons. The Labute approximate surface area is 231 Å². The molecule has 9 heteroatoms. The molecule has 4 aliphatic heterocycles. The fourth-order valence-corrected chi connectivity index (χ4v) is 6.25. The molecular weight excluding hydrogens is 494 g/mol. The number of nitrogens with one attached hydrogen (secondary N) is 1. The van der Waals surface area contributed by atoms with Gasteiger partial charge in [0.2, 0.25) is 0 Å². The molecule has 3 saturated heterocycles. The van der Waals surface area contributed by atoms with Gasteiger partial charge in [-0.2, -0.15) is 0 Å². The molecule has 0 saturated carbocycles. The highest BCUT2D eigenvalue weighted by molar-refractivity contribution is 5.75. The summed E-state index contributed by atoms with van der Waals surface area (Å²) in [7, 11) is 0.